The second-order valence-electron chi connectivity index (χ2n) is 5.99. The first-order valence-corrected chi connectivity index (χ1v) is 9.09. The number of rotatable bonds is 10. The van der Waals surface area contributed by atoms with Gasteiger partial charge in [0.1, 0.15) is 0 Å². The number of hydrogen-bond acceptors (Lipinski definition) is 1. The Morgan fingerprint density at radius 2 is 1.48 bits per heavy atom. The third-order valence-corrected chi connectivity index (χ3v) is 4.48. The number of hydrogen-bond donors (Lipinski definition) is 1. The topological polar surface area (TPSA) is 12.0 Å². The molecule has 0 fully saturated rings. The van der Waals surface area contributed by atoms with E-state index in [0.717, 1.165) is 25.8 Å². The molecule has 0 aliphatic heterocycles. The second kappa shape index (κ2) is 10.00. The van der Waals surface area contributed by atoms with E-state index in [-0.39, 0.29) is 0 Å². The van der Waals surface area contributed by atoms with Crippen molar-refractivity contribution in [2.75, 3.05) is 6.54 Å². The number of benzene rings is 1. The summed E-state index contributed by atoms with van der Waals surface area (Å²) in [6.45, 7) is 12.4. The lowest BCUT2D eigenvalue weighted by molar-refractivity contribution is 0.481. The summed E-state index contributed by atoms with van der Waals surface area (Å²) in [4.78, 5) is 0. The van der Waals surface area contributed by atoms with Crippen LogP contribution >= 0.6 is 0 Å². The van der Waals surface area contributed by atoms with Gasteiger partial charge >= 0.3 is 0 Å². The van der Waals surface area contributed by atoms with Gasteiger partial charge in [0, 0.05) is 6.04 Å². The molecule has 0 saturated carbocycles. The van der Waals surface area contributed by atoms with Gasteiger partial charge in [-0.1, -0.05) is 66.0 Å². The number of nitrogens with one attached hydrogen (secondary N) is 1. The molecule has 1 unspecified atom stereocenters. The lowest BCUT2D eigenvalue weighted by atomic mass is 9.87. The highest BCUT2D eigenvalue weighted by Crippen LogP contribution is 2.29. The highest BCUT2D eigenvalue weighted by atomic mass is 14.9. The summed E-state index contributed by atoms with van der Waals surface area (Å²) in [5.74, 6) is 0. The molecule has 0 aromatic heterocycles. The fraction of sp³-hybridized carbons (Fsp3) is 0.700. The largest absolute Gasteiger partial charge is 0.310 e. The molecule has 0 aliphatic carbocycles. The van der Waals surface area contributed by atoms with Gasteiger partial charge in [0.15, 0.2) is 0 Å². The Bertz CT molecular complexity index is 383. The number of aryl methyl sites for hydroxylation is 3. The standard InChI is InChI=1S/C20H35N/c1-6-11-12-13-19(21-10-5)20-17(8-3)14-16(7-2)15-18(20)9-4/h14-15,19,21H,6-13H2,1-5H3. The molecule has 120 valence electrons. The molecule has 1 atom stereocenters. The smallest absolute Gasteiger partial charge is 0.0325 e. The molecule has 0 saturated heterocycles. The van der Waals surface area contributed by atoms with E-state index < -0.39 is 0 Å². The van der Waals surface area contributed by atoms with Crippen LogP contribution in [0.3, 0.4) is 0 Å². The molecule has 0 amide bonds. The van der Waals surface area contributed by atoms with Crippen molar-refractivity contribution in [3.63, 3.8) is 0 Å². The summed E-state index contributed by atoms with van der Waals surface area (Å²) in [7, 11) is 0. The average molecular weight is 290 g/mol. The van der Waals surface area contributed by atoms with Gasteiger partial charge < -0.3 is 5.32 Å². The quantitative estimate of drug-likeness (QED) is 0.552. The Morgan fingerprint density at radius 3 is 1.90 bits per heavy atom. The Labute approximate surface area is 132 Å². The minimum atomic E-state index is 0.539. The van der Waals surface area contributed by atoms with Crippen molar-refractivity contribution in [1.29, 1.82) is 0 Å². The maximum Gasteiger partial charge on any atom is 0.0325 e. The lowest BCUT2D eigenvalue weighted by Crippen LogP contribution is -2.23. The van der Waals surface area contributed by atoms with Crippen molar-refractivity contribution in [2.45, 2.75) is 85.6 Å². The van der Waals surface area contributed by atoms with E-state index in [4.69, 9.17) is 0 Å². The van der Waals surface area contributed by atoms with Crippen LogP contribution in [0.2, 0.25) is 0 Å². The van der Waals surface area contributed by atoms with Crippen LogP contribution < -0.4 is 5.32 Å². The molecule has 0 heterocycles. The van der Waals surface area contributed by atoms with Crippen molar-refractivity contribution in [3.8, 4) is 0 Å². The lowest BCUT2D eigenvalue weighted by Gasteiger charge is -2.25. The molecule has 1 rings (SSSR count). The third-order valence-electron chi connectivity index (χ3n) is 4.48. The molecule has 1 nitrogen and oxygen atoms in total. The van der Waals surface area contributed by atoms with Gasteiger partial charge in [0.2, 0.25) is 0 Å². The average Bonchev–Trinajstić information content (AvgIpc) is 2.52. The van der Waals surface area contributed by atoms with Gasteiger partial charge in [-0.25, -0.2) is 0 Å². The van der Waals surface area contributed by atoms with E-state index in [9.17, 15) is 0 Å². The van der Waals surface area contributed by atoms with Crippen molar-refractivity contribution in [3.05, 3.63) is 34.4 Å². The van der Waals surface area contributed by atoms with E-state index in [1.165, 1.54) is 31.2 Å². The first-order chi connectivity index (χ1) is 10.2. The van der Waals surface area contributed by atoms with Gasteiger partial charge in [-0.15, -0.1) is 0 Å². The van der Waals surface area contributed by atoms with E-state index in [0.29, 0.717) is 6.04 Å². The van der Waals surface area contributed by atoms with Crippen molar-refractivity contribution >= 4 is 0 Å². The summed E-state index contributed by atoms with van der Waals surface area (Å²) in [6, 6.07) is 5.43. The van der Waals surface area contributed by atoms with Crippen LogP contribution in [0.1, 0.15) is 88.6 Å². The fourth-order valence-electron chi connectivity index (χ4n) is 3.28. The first kappa shape index (κ1) is 18.2. The van der Waals surface area contributed by atoms with Gasteiger partial charge in [-0.3, -0.25) is 0 Å². The predicted molar refractivity (Wildman–Crippen MR) is 95.1 cm³/mol. The minimum absolute atomic E-state index is 0.539. The Hall–Kier alpha value is -0.820. The Balaban J connectivity index is 3.14. The molecule has 0 aliphatic rings. The maximum absolute atomic E-state index is 3.74. The van der Waals surface area contributed by atoms with Crippen molar-refractivity contribution in [1.82, 2.24) is 5.32 Å². The highest BCUT2D eigenvalue weighted by molar-refractivity contribution is 5.42. The first-order valence-electron chi connectivity index (χ1n) is 9.09. The van der Waals surface area contributed by atoms with Gasteiger partial charge in [-0.05, 0) is 54.5 Å². The summed E-state index contributed by atoms with van der Waals surface area (Å²) < 4.78 is 0. The van der Waals surface area contributed by atoms with E-state index in [1.54, 1.807) is 16.7 Å². The SMILES string of the molecule is CCCCCC(NCC)c1c(CC)cc(CC)cc1CC. The van der Waals surface area contributed by atoms with Crippen LogP contribution in [0, 0.1) is 0 Å². The van der Waals surface area contributed by atoms with Gasteiger partial charge in [0.25, 0.3) is 0 Å². The summed E-state index contributed by atoms with van der Waals surface area (Å²) in [5.41, 5.74) is 6.23. The van der Waals surface area contributed by atoms with Crippen LogP contribution in [-0.4, -0.2) is 6.54 Å². The van der Waals surface area contributed by atoms with Crippen LogP contribution in [0.15, 0.2) is 12.1 Å². The normalized spacial score (nSPS) is 12.6. The van der Waals surface area contributed by atoms with Gasteiger partial charge in [-0.2, -0.15) is 0 Å². The van der Waals surface area contributed by atoms with Crippen molar-refractivity contribution < 1.29 is 0 Å². The van der Waals surface area contributed by atoms with Crippen LogP contribution in [0.4, 0.5) is 0 Å². The molecule has 1 aromatic carbocycles. The third kappa shape index (κ3) is 5.14. The van der Waals surface area contributed by atoms with Crippen molar-refractivity contribution in [2.24, 2.45) is 0 Å². The molecule has 0 bridgehead atoms. The maximum atomic E-state index is 3.74. The highest BCUT2D eigenvalue weighted by Gasteiger charge is 2.17. The summed E-state index contributed by atoms with van der Waals surface area (Å²) >= 11 is 0. The Morgan fingerprint density at radius 1 is 0.857 bits per heavy atom. The van der Waals surface area contributed by atoms with E-state index in [1.807, 2.05) is 0 Å². The zero-order valence-electron chi connectivity index (χ0n) is 14.9. The summed E-state index contributed by atoms with van der Waals surface area (Å²) in [6.07, 6.45) is 8.68. The van der Waals surface area contributed by atoms with Gasteiger partial charge in [0.05, 0.1) is 0 Å². The minimum Gasteiger partial charge on any atom is -0.310 e. The molecule has 1 aromatic rings. The Kier molecular flexibility index (Phi) is 8.68. The number of unbranched alkanes of at least 4 members (excludes halogenated alkanes) is 2. The monoisotopic (exact) mass is 289 g/mol. The molecule has 0 spiro atoms. The van der Waals surface area contributed by atoms with E-state index >= 15 is 0 Å². The zero-order valence-corrected chi connectivity index (χ0v) is 14.9. The molecular weight excluding hydrogens is 254 g/mol. The van der Waals surface area contributed by atoms with E-state index in [2.05, 4.69) is 52.1 Å². The predicted octanol–water partition coefficient (Wildman–Crippen LogP) is 5.60. The van der Waals surface area contributed by atoms with Crippen LogP contribution in [-0.2, 0) is 19.3 Å². The molecule has 0 radical (unpaired) electrons. The fourth-order valence-corrected chi connectivity index (χ4v) is 3.28. The van der Waals surface area contributed by atoms with Crippen LogP contribution in [0.25, 0.3) is 0 Å². The molecule has 1 N–H and O–H groups in total. The zero-order chi connectivity index (χ0) is 15.7. The molecule has 21 heavy (non-hydrogen) atoms. The summed E-state index contributed by atoms with van der Waals surface area (Å²) in [5, 5.41) is 3.74. The molecule has 1 heteroatoms. The van der Waals surface area contributed by atoms with Crippen LogP contribution in [0.5, 0.6) is 0 Å². The second-order valence-corrected chi connectivity index (χ2v) is 5.99. The molecular formula is C20H35N.